The summed E-state index contributed by atoms with van der Waals surface area (Å²) in [5.74, 6) is -0.0350. The van der Waals surface area contributed by atoms with E-state index >= 15 is 0 Å². The first-order valence-electron chi connectivity index (χ1n) is 8.81. The normalized spacial score (nSPS) is 10.6. The van der Waals surface area contributed by atoms with E-state index in [1.165, 1.54) is 27.8 Å². The van der Waals surface area contributed by atoms with Gasteiger partial charge < -0.3 is 14.8 Å². The Morgan fingerprint density at radius 2 is 2.03 bits per heavy atom. The van der Waals surface area contributed by atoms with Crippen molar-refractivity contribution in [3.8, 4) is 11.4 Å². The molecule has 0 unspecified atom stereocenters. The Morgan fingerprint density at radius 3 is 2.83 bits per heavy atom. The summed E-state index contributed by atoms with van der Waals surface area (Å²) in [5, 5.41) is 17.1. The summed E-state index contributed by atoms with van der Waals surface area (Å²) in [4.78, 5) is 24.3. The second-order valence-corrected chi connectivity index (χ2v) is 7.35. The highest BCUT2D eigenvalue weighted by Gasteiger charge is 2.18. The maximum atomic E-state index is 12.4. The lowest BCUT2D eigenvalue weighted by Gasteiger charge is -2.10. The van der Waals surface area contributed by atoms with E-state index in [2.05, 4.69) is 20.8 Å². The van der Waals surface area contributed by atoms with Crippen LogP contribution in [0.2, 0.25) is 0 Å². The number of aromatic nitrogens is 4. The van der Waals surface area contributed by atoms with Crippen LogP contribution in [0.15, 0.2) is 40.9 Å². The minimum atomic E-state index is -0.465. The fraction of sp³-hybridized carbons (Fsp3) is 0.278. The number of rotatable bonds is 9. The number of thiophene rings is 1. The maximum absolute atomic E-state index is 12.4. The van der Waals surface area contributed by atoms with Gasteiger partial charge in [-0.05, 0) is 47.9 Å². The summed E-state index contributed by atoms with van der Waals surface area (Å²) < 4.78 is 12.1. The van der Waals surface area contributed by atoms with E-state index in [0.29, 0.717) is 33.8 Å². The molecule has 0 radical (unpaired) electrons. The predicted molar refractivity (Wildman–Crippen MR) is 110 cm³/mol. The number of carbonyl (C=O) groups is 2. The number of hydrogen-bond donors (Lipinski definition) is 1. The van der Waals surface area contributed by atoms with Gasteiger partial charge in [0.2, 0.25) is 11.1 Å². The first kappa shape index (κ1) is 20.8. The molecule has 1 aromatic carbocycles. The molecule has 0 bridgehead atoms. The number of carbonyl (C=O) groups excluding carboxylic acids is 2. The van der Waals surface area contributed by atoms with Crippen LogP contribution in [0.4, 0.5) is 5.00 Å². The molecule has 0 saturated heterocycles. The van der Waals surface area contributed by atoms with Gasteiger partial charge in [0.05, 0.1) is 24.5 Å². The van der Waals surface area contributed by atoms with Gasteiger partial charge in [0, 0.05) is 0 Å². The van der Waals surface area contributed by atoms with Crippen molar-refractivity contribution in [2.24, 2.45) is 0 Å². The van der Waals surface area contributed by atoms with Crippen LogP contribution in [-0.2, 0) is 9.53 Å². The highest BCUT2D eigenvalue weighted by atomic mass is 32.2. The van der Waals surface area contributed by atoms with Gasteiger partial charge in [0.25, 0.3) is 0 Å². The number of para-hydroxylation sites is 2. The van der Waals surface area contributed by atoms with Gasteiger partial charge >= 0.3 is 5.97 Å². The van der Waals surface area contributed by atoms with Crippen LogP contribution in [-0.4, -0.2) is 51.1 Å². The minimum Gasteiger partial charge on any atom is -0.492 e. The van der Waals surface area contributed by atoms with E-state index in [4.69, 9.17) is 9.47 Å². The number of amides is 1. The van der Waals surface area contributed by atoms with Gasteiger partial charge in [-0.1, -0.05) is 23.9 Å². The van der Waals surface area contributed by atoms with Crippen LogP contribution >= 0.6 is 23.1 Å². The fourth-order valence-electron chi connectivity index (χ4n) is 2.40. The number of nitrogens with zero attached hydrogens (tertiary/aromatic N) is 4. The van der Waals surface area contributed by atoms with Gasteiger partial charge in [0.15, 0.2) is 0 Å². The number of nitrogens with one attached hydrogen (secondary N) is 1. The molecule has 2 heterocycles. The molecule has 2 aromatic heterocycles. The van der Waals surface area contributed by atoms with Crippen molar-refractivity contribution in [3.63, 3.8) is 0 Å². The van der Waals surface area contributed by atoms with Crippen molar-refractivity contribution in [2.45, 2.75) is 19.0 Å². The third-order valence-corrected chi connectivity index (χ3v) is 5.33. The Bertz CT molecular complexity index is 988. The van der Waals surface area contributed by atoms with Gasteiger partial charge in [-0.25, -0.2) is 4.79 Å². The number of anilines is 1. The van der Waals surface area contributed by atoms with Crippen molar-refractivity contribution < 1.29 is 19.1 Å². The van der Waals surface area contributed by atoms with Gasteiger partial charge in [-0.15, -0.1) is 16.4 Å². The molecule has 9 nitrogen and oxygen atoms in total. The van der Waals surface area contributed by atoms with Crippen LogP contribution in [0, 0.1) is 0 Å². The summed E-state index contributed by atoms with van der Waals surface area (Å²) in [6.45, 7) is 4.40. The lowest BCUT2D eigenvalue weighted by atomic mass is 10.3. The van der Waals surface area contributed by atoms with Crippen LogP contribution in [0.1, 0.15) is 24.2 Å². The van der Waals surface area contributed by atoms with E-state index in [0.717, 1.165) is 0 Å². The topological polar surface area (TPSA) is 108 Å². The number of esters is 1. The lowest BCUT2D eigenvalue weighted by Crippen LogP contribution is -2.16. The number of benzene rings is 1. The molecule has 3 rings (SSSR count). The fourth-order valence-corrected chi connectivity index (χ4v) is 3.87. The molecule has 0 fully saturated rings. The van der Waals surface area contributed by atoms with E-state index in [1.807, 2.05) is 31.2 Å². The van der Waals surface area contributed by atoms with Crippen molar-refractivity contribution in [2.75, 3.05) is 24.3 Å². The highest BCUT2D eigenvalue weighted by Crippen LogP contribution is 2.27. The molecular formula is C18H19N5O4S2. The van der Waals surface area contributed by atoms with Gasteiger partial charge in [-0.2, -0.15) is 4.68 Å². The molecule has 0 aliphatic carbocycles. The number of thioether (sulfide) groups is 1. The molecule has 0 atom stereocenters. The van der Waals surface area contributed by atoms with Crippen LogP contribution in [0.5, 0.6) is 5.75 Å². The standard InChI is InChI=1S/C18H19N5O4S2/c1-3-26-14-8-6-5-7-13(14)23-18(20-21-22-23)29-11-15(24)19-16-12(9-10-28-16)17(25)27-4-2/h5-10H,3-4,11H2,1-2H3,(H,19,24). The summed E-state index contributed by atoms with van der Waals surface area (Å²) in [6, 6.07) is 9.00. The molecule has 1 N–H and O–H groups in total. The van der Waals surface area contributed by atoms with Gasteiger partial charge in [0.1, 0.15) is 16.4 Å². The largest absolute Gasteiger partial charge is 0.492 e. The Morgan fingerprint density at radius 1 is 1.21 bits per heavy atom. The van der Waals surface area contributed by atoms with Crippen LogP contribution < -0.4 is 10.1 Å². The van der Waals surface area contributed by atoms with Crippen molar-refractivity contribution >= 4 is 40.0 Å². The Kier molecular flexibility index (Phi) is 7.19. The second kappa shape index (κ2) is 10.0. The molecule has 0 aliphatic rings. The predicted octanol–water partition coefficient (Wildman–Crippen LogP) is 3.03. The zero-order valence-electron chi connectivity index (χ0n) is 15.8. The first-order valence-corrected chi connectivity index (χ1v) is 10.7. The smallest absolute Gasteiger partial charge is 0.341 e. The average Bonchev–Trinajstić information content (AvgIpc) is 3.36. The second-order valence-electron chi connectivity index (χ2n) is 5.49. The number of hydrogen-bond acceptors (Lipinski definition) is 9. The maximum Gasteiger partial charge on any atom is 0.341 e. The average molecular weight is 434 g/mol. The van der Waals surface area contributed by atoms with E-state index < -0.39 is 5.97 Å². The summed E-state index contributed by atoms with van der Waals surface area (Å²) in [5.41, 5.74) is 1.02. The molecule has 29 heavy (non-hydrogen) atoms. The Balaban J connectivity index is 1.67. The SMILES string of the molecule is CCOC(=O)c1ccsc1NC(=O)CSc1nnnn1-c1ccccc1OCC. The van der Waals surface area contributed by atoms with Crippen LogP contribution in [0.25, 0.3) is 5.69 Å². The zero-order chi connectivity index (χ0) is 20.6. The molecular weight excluding hydrogens is 414 g/mol. The number of tetrazole rings is 1. The van der Waals surface area contributed by atoms with Crippen molar-refractivity contribution in [1.29, 1.82) is 0 Å². The van der Waals surface area contributed by atoms with E-state index in [1.54, 1.807) is 18.4 Å². The highest BCUT2D eigenvalue weighted by molar-refractivity contribution is 7.99. The van der Waals surface area contributed by atoms with Crippen LogP contribution in [0.3, 0.4) is 0 Å². The monoisotopic (exact) mass is 433 g/mol. The van der Waals surface area contributed by atoms with Gasteiger partial charge in [-0.3, -0.25) is 4.79 Å². The lowest BCUT2D eigenvalue weighted by molar-refractivity contribution is -0.113. The molecule has 0 saturated carbocycles. The van der Waals surface area contributed by atoms with E-state index in [9.17, 15) is 9.59 Å². The molecule has 3 aromatic rings. The molecule has 0 aliphatic heterocycles. The minimum absolute atomic E-state index is 0.0668. The first-order chi connectivity index (χ1) is 14.1. The molecule has 1 amide bonds. The number of ether oxygens (including phenoxy) is 2. The third-order valence-electron chi connectivity index (χ3n) is 3.58. The quantitative estimate of drug-likeness (QED) is 0.405. The Hall–Kier alpha value is -2.92. The van der Waals surface area contributed by atoms with E-state index in [-0.39, 0.29) is 18.3 Å². The third kappa shape index (κ3) is 5.12. The van der Waals surface area contributed by atoms with Crippen molar-refractivity contribution in [1.82, 2.24) is 20.2 Å². The summed E-state index contributed by atoms with van der Waals surface area (Å²) in [6.07, 6.45) is 0. The molecule has 152 valence electrons. The summed E-state index contributed by atoms with van der Waals surface area (Å²) in [7, 11) is 0. The van der Waals surface area contributed by atoms with Crippen molar-refractivity contribution in [3.05, 3.63) is 41.3 Å². The Labute approximate surface area is 175 Å². The molecule has 11 heteroatoms. The molecule has 0 spiro atoms. The summed E-state index contributed by atoms with van der Waals surface area (Å²) >= 11 is 2.44. The zero-order valence-corrected chi connectivity index (χ0v) is 17.5.